The topological polar surface area (TPSA) is 76.8 Å². The number of ether oxygens (including phenoxy) is 1. The SMILES string of the molecule is CCOC(=O)C1CCN(C(=O)c2ccc3nnc(C(C)(C)C)n3c2)CC1. The van der Waals surface area contributed by atoms with Gasteiger partial charge in [-0.2, -0.15) is 0 Å². The molecule has 0 radical (unpaired) electrons. The van der Waals surface area contributed by atoms with Gasteiger partial charge in [-0.1, -0.05) is 20.8 Å². The summed E-state index contributed by atoms with van der Waals surface area (Å²) in [6.45, 7) is 9.54. The van der Waals surface area contributed by atoms with Crippen LogP contribution in [-0.4, -0.2) is 51.1 Å². The molecule has 1 aliphatic rings. The molecule has 2 aromatic heterocycles. The van der Waals surface area contributed by atoms with Crippen LogP contribution in [0.15, 0.2) is 18.3 Å². The highest BCUT2D eigenvalue weighted by atomic mass is 16.5. The van der Waals surface area contributed by atoms with Gasteiger partial charge >= 0.3 is 5.97 Å². The van der Waals surface area contributed by atoms with Gasteiger partial charge in [0.2, 0.25) is 0 Å². The van der Waals surface area contributed by atoms with Crippen LogP contribution >= 0.6 is 0 Å². The van der Waals surface area contributed by atoms with Crippen LogP contribution in [0.3, 0.4) is 0 Å². The maximum Gasteiger partial charge on any atom is 0.309 e. The minimum Gasteiger partial charge on any atom is -0.466 e. The van der Waals surface area contributed by atoms with Crippen molar-refractivity contribution in [3.05, 3.63) is 29.7 Å². The van der Waals surface area contributed by atoms with Crippen LogP contribution in [0.25, 0.3) is 5.65 Å². The van der Waals surface area contributed by atoms with Crippen molar-refractivity contribution in [2.24, 2.45) is 5.92 Å². The summed E-state index contributed by atoms with van der Waals surface area (Å²) in [5, 5.41) is 8.44. The van der Waals surface area contributed by atoms with Crippen LogP contribution in [-0.2, 0) is 14.9 Å². The highest BCUT2D eigenvalue weighted by molar-refractivity contribution is 5.94. The van der Waals surface area contributed by atoms with E-state index < -0.39 is 0 Å². The number of hydrogen-bond acceptors (Lipinski definition) is 5. The zero-order valence-electron chi connectivity index (χ0n) is 15.9. The molecule has 1 aliphatic heterocycles. The van der Waals surface area contributed by atoms with Gasteiger partial charge in [0, 0.05) is 24.7 Å². The number of piperidine rings is 1. The summed E-state index contributed by atoms with van der Waals surface area (Å²) in [4.78, 5) is 26.5. The van der Waals surface area contributed by atoms with Crippen molar-refractivity contribution in [1.29, 1.82) is 0 Å². The summed E-state index contributed by atoms with van der Waals surface area (Å²) in [5.41, 5.74) is 1.17. The first-order chi connectivity index (χ1) is 12.3. The molecule has 0 aliphatic carbocycles. The number of amides is 1. The van der Waals surface area contributed by atoms with E-state index in [1.165, 1.54) is 0 Å². The van der Waals surface area contributed by atoms with Crippen molar-refractivity contribution in [2.75, 3.05) is 19.7 Å². The van der Waals surface area contributed by atoms with E-state index in [1.807, 2.05) is 23.6 Å². The first-order valence-corrected chi connectivity index (χ1v) is 9.12. The number of fused-ring (bicyclic) bond motifs is 1. The van der Waals surface area contributed by atoms with Gasteiger partial charge in [-0.3, -0.25) is 14.0 Å². The second-order valence-corrected chi connectivity index (χ2v) is 7.74. The normalized spacial score (nSPS) is 16.1. The zero-order valence-corrected chi connectivity index (χ0v) is 15.9. The molecule has 3 rings (SSSR count). The van der Waals surface area contributed by atoms with E-state index in [-0.39, 0.29) is 23.2 Å². The van der Waals surface area contributed by atoms with Gasteiger partial charge < -0.3 is 9.64 Å². The average Bonchev–Trinajstić information content (AvgIpc) is 3.05. The van der Waals surface area contributed by atoms with Crippen molar-refractivity contribution >= 4 is 17.5 Å². The molecule has 1 amide bonds. The summed E-state index contributed by atoms with van der Waals surface area (Å²) < 4.78 is 6.97. The van der Waals surface area contributed by atoms with Crippen molar-refractivity contribution in [1.82, 2.24) is 19.5 Å². The molecule has 26 heavy (non-hydrogen) atoms. The van der Waals surface area contributed by atoms with Gasteiger partial charge in [0.05, 0.1) is 18.1 Å². The Hall–Kier alpha value is -2.44. The maximum absolute atomic E-state index is 12.9. The quantitative estimate of drug-likeness (QED) is 0.788. The number of carbonyl (C=O) groups is 2. The fourth-order valence-electron chi connectivity index (χ4n) is 3.29. The highest BCUT2D eigenvalue weighted by Crippen LogP contribution is 2.23. The van der Waals surface area contributed by atoms with Gasteiger partial charge in [-0.15, -0.1) is 10.2 Å². The second kappa shape index (κ2) is 7.05. The number of rotatable bonds is 3. The van der Waals surface area contributed by atoms with E-state index in [9.17, 15) is 9.59 Å². The fraction of sp³-hybridized carbons (Fsp3) is 0.579. The van der Waals surface area contributed by atoms with Crippen LogP contribution < -0.4 is 0 Å². The Morgan fingerprint density at radius 1 is 1.19 bits per heavy atom. The maximum atomic E-state index is 12.9. The summed E-state index contributed by atoms with van der Waals surface area (Å²) in [5.74, 6) is 0.540. The minimum absolute atomic E-state index is 0.0252. The van der Waals surface area contributed by atoms with Crippen molar-refractivity contribution in [3.8, 4) is 0 Å². The zero-order chi connectivity index (χ0) is 18.9. The molecule has 1 saturated heterocycles. The number of aromatic nitrogens is 3. The summed E-state index contributed by atoms with van der Waals surface area (Å²) in [6, 6.07) is 3.61. The lowest BCUT2D eigenvalue weighted by Gasteiger charge is -2.31. The molecule has 0 bridgehead atoms. The minimum atomic E-state index is -0.168. The smallest absolute Gasteiger partial charge is 0.309 e. The molecule has 0 spiro atoms. The molecule has 2 aromatic rings. The second-order valence-electron chi connectivity index (χ2n) is 7.74. The fourth-order valence-corrected chi connectivity index (χ4v) is 3.29. The van der Waals surface area contributed by atoms with E-state index in [0.29, 0.717) is 38.1 Å². The van der Waals surface area contributed by atoms with Gasteiger partial charge in [0.15, 0.2) is 5.65 Å². The number of pyridine rings is 1. The van der Waals surface area contributed by atoms with Crippen molar-refractivity contribution in [3.63, 3.8) is 0 Å². The molecule has 0 saturated carbocycles. The van der Waals surface area contributed by atoms with Crippen LogP contribution in [0.1, 0.15) is 56.7 Å². The third-order valence-corrected chi connectivity index (χ3v) is 4.72. The molecule has 3 heterocycles. The Morgan fingerprint density at radius 2 is 1.88 bits per heavy atom. The summed E-state index contributed by atoms with van der Waals surface area (Å²) >= 11 is 0. The first-order valence-electron chi connectivity index (χ1n) is 9.12. The predicted molar refractivity (Wildman–Crippen MR) is 96.9 cm³/mol. The molecule has 7 heteroatoms. The monoisotopic (exact) mass is 358 g/mol. The predicted octanol–water partition coefficient (Wildman–Crippen LogP) is 2.44. The molecular weight excluding hydrogens is 332 g/mol. The molecule has 0 aromatic carbocycles. The Labute approximate surface area is 153 Å². The van der Waals surface area contributed by atoms with E-state index in [4.69, 9.17) is 4.74 Å². The molecule has 0 N–H and O–H groups in total. The van der Waals surface area contributed by atoms with E-state index in [0.717, 1.165) is 11.5 Å². The van der Waals surface area contributed by atoms with Gasteiger partial charge in [0.1, 0.15) is 5.82 Å². The lowest BCUT2D eigenvalue weighted by Crippen LogP contribution is -2.40. The van der Waals surface area contributed by atoms with Crippen LogP contribution in [0.5, 0.6) is 0 Å². The Balaban J connectivity index is 1.75. The summed E-state index contributed by atoms with van der Waals surface area (Å²) in [6.07, 6.45) is 3.11. The number of esters is 1. The number of carbonyl (C=O) groups excluding carboxylic acids is 2. The third-order valence-electron chi connectivity index (χ3n) is 4.72. The van der Waals surface area contributed by atoms with Crippen molar-refractivity contribution < 1.29 is 14.3 Å². The summed E-state index contributed by atoms with van der Waals surface area (Å²) in [7, 11) is 0. The molecular formula is C19H26N4O3. The van der Waals surface area contributed by atoms with Crippen LogP contribution in [0.4, 0.5) is 0 Å². The van der Waals surface area contributed by atoms with Crippen molar-refractivity contribution in [2.45, 2.75) is 46.0 Å². The average molecular weight is 358 g/mol. The highest BCUT2D eigenvalue weighted by Gasteiger charge is 2.29. The van der Waals surface area contributed by atoms with Gasteiger partial charge in [-0.25, -0.2) is 0 Å². The Kier molecular flexibility index (Phi) is 4.98. The third kappa shape index (κ3) is 3.57. The van der Waals surface area contributed by atoms with E-state index in [1.54, 1.807) is 11.0 Å². The molecule has 140 valence electrons. The first kappa shape index (κ1) is 18.4. The van der Waals surface area contributed by atoms with Crippen LogP contribution in [0, 0.1) is 5.92 Å². The lowest BCUT2D eigenvalue weighted by molar-refractivity contribution is -0.149. The number of likely N-dealkylation sites (tertiary alicyclic amines) is 1. The lowest BCUT2D eigenvalue weighted by atomic mass is 9.95. The Bertz CT molecular complexity index is 814. The van der Waals surface area contributed by atoms with Gasteiger partial charge in [-0.05, 0) is 31.9 Å². The van der Waals surface area contributed by atoms with E-state index >= 15 is 0 Å². The standard InChI is InChI=1S/C19H26N4O3/c1-5-26-17(25)13-8-10-22(11-9-13)16(24)14-6-7-15-20-21-18(19(2,3)4)23(15)12-14/h6-7,12-13H,5,8-11H2,1-4H3. The van der Waals surface area contributed by atoms with Gasteiger partial charge in [0.25, 0.3) is 5.91 Å². The van der Waals surface area contributed by atoms with E-state index in [2.05, 4.69) is 31.0 Å². The molecule has 7 nitrogen and oxygen atoms in total. The molecule has 1 fully saturated rings. The molecule has 0 atom stereocenters. The Morgan fingerprint density at radius 3 is 2.50 bits per heavy atom. The molecule has 0 unspecified atom stereocenters. The van der Waals surface area contributed by atoms with Crippen LogP contribution in [0.2, 0.25) is 0 Å². The number of nitrogens with zero attached hydrogens (tertiary/aromatic N) is 4. The largest absolute Gasteiger partial charge is 0.466 e. The number of hydrogen-bond donors (Lipinski definition) is 0.